The van der Waals surface area contributed by atoms with Gasteiger partial charge in [-0.25, -0.2) is 4.39 Å². The summed E-state index contributed by atoms with van der Waals surface area (Å²) in [5.74, 6) is 1.49. The molecule has 0 bridgehead atoms. The number of ether oxygens (including phenoxy) is 3. The molecule has 2 atom stereocenters. The Kier molecular flexibility index (Phi) is 6.79. The van der Waals surface area contributed by atoms with E-state index in [9.17, 15) is 4.39 Å². The van der Waals surface area contributed by atoms with Gasteiger partial charge in [0.1, 0.15) is 17.3 Å². The maximum Gasteiger partial charge on any atom is 0.127 e. The molecule has 2 heterocycles. The maximum atomic E-state index is 13.5. The molecule has 0 spiro atoms. The van der Waals surface area contributed by atoms with Crippen LogP contribution in [-0.4, -0.2) is 43.4 Å². The Hall–Kier alpha value is -2.96. The van der Waals surface area contributed by atoms with E-state index in [0.29, 0.717) is 19.8 Å². The van der Waals surface area contributed by atoms with E-state index >= 15 is 0 Å². The lowest BCUT2D eigenvalue weighted by Gasteiger charge is -2.33. The highest BCUT2D eigenvalue weighted by Gasteiger charge is 2.35. The summed E-state index contributed by atoms with van der Waals surface area (Å²) < 4.78 is 30.7. The van der Waals surface area contributed by atoms with Gasteiger partial charge in [-0.15, -0.1) is 0 Å². The number of hydrogen-bond acceptors (Lipinski definition) is 5. The smallest absolute Gasteiger partial charge is 0.127 e. The number of halogens is 1. The predicted molar refractivity (Wildman–Crippen MR) is 117 cm³/mol. The van der Waals surface area contributed by atoms with Crippen LogP contribution in [0.3, 0.4) is 0 Å². The molecule has 4 rings (SSSR count). The van der Waals surface area contributed by atoms with Crippen molar-refractivity contribution in [2.75, 3.05) is 27.4 Å². The topological polar surface area (TPSA) is 43.8 Å². The average molecular weight is 423 g/mol. The van der Waals surface area contributed by atoms with E-state index in [1.54, 1.807) is 26.6 Å². The molecule has 162 valence electrons. The molecule has 0 radical (unpaired) electrons. The lowest BCUT2D eigenvalue weighted by atomic mass is 9.92. The molecule has 1 aliphatic rings. The summed E-state index contributed by atoms with van der Waals surface area (Å²) in [5, 5.41) is 0. The van der Waals surface area contributed by atoms with Crippen LogP contribution in [0.1, 0.15) is 22.6 Å². The van der Waals surface area contributed by atoms with E-state index in [4.69, 9.17) is 14.2 Å². The van der Waals surface area contributed by atoms with Gasteiger partial charge < -0.3 is 14.2 Å². The first kappa shape index (κ1) is 21.3. The summed E-state index contributed by atoms with van der Waals surface area (Å²) in [6.45, 7) is 2.55. The minimum absolute atomic E-state index is 0.119. The van der Waals surface area contributed by atoms with Crippen LogP contribution >= 0.6 is 0 Å². The van der Waals surface area contributed by atoms with E-state index in [-0.39, 0.29) is 17.8 Å². The van der Waals surface area contributed by atoms with Crippen LogP contribution in [0.15, 0.2) is 67.0 Å². The van der Waals surface area contributed by atoms with Crippen molar-refractivity contribution in [1.29, 1.82) is 0 Å². The number of aromatic nitrogens is 1. The van der Waals surface area contributed by atoms with Gasteiger partial charge in [-0.1, -0.05) is 18.2 Å². The quantitative estimate of drug-likeness (QED) is 0.538. The van der Waals surface area contributed by atoms with E-state index in [2.05, 4.69) is 9.88 Å². The van der Waals surface area contributed by atoms with Crippen molar-refractivity contribution in [3.8, 4) is 11.5 Å². The van der Waals surface area contributed by atoms with Gasteiger partial charge in [-0.05, 0) is 47.5 Å². The van der Waals surface area contributed by atoms with E-state index in [0.717, 1.165) is 34.7 Å². The summed E-state index contributed by atoms with van der Waals surface area (Å²) in [4.78, 5) is 6.53. The molecule has 0 N–H and O–H groups in total. The van der Waals surface area contributed by atoms with Crippen molar-refractivity contribution < 1.29 is 18.6 Å². The van der Waals surface area contributed by atoms with E-state index in [1.807, 2.05) is 42.5 Å². The Labute approximate surface area is 182 Å². The van der Waals surface area contributed by atoms with Gasteiger partial charge in [-0.2, -0.15) is 0 Å². The molecule has 2 aromatic carbocycles. The van der Waals surface area contributed by atoms with Crippen LogP contribution in [0.2, 0.25) is 0 Å². The molecule has 0 aliphatic carbocycles. The molecule has 6 heteroatoms. The standard InChI is InChI=1S/C25H27FN2O3/c1-29-24-4-3-5-25(30-2)21(24)15-28(14-18-10-12-27-13-11-18)23-17-31-16-22(23)19-6-8-20(26)9-7-19/h3-13,22-23H,14-17H2,1-2H3/t22-,23+/m0/s1. The molecule has 0 amide bonds. The monoisotopic (exact) mass is 422 g/mol. The first-order chi connectivity index (χ1) is 15.2. The number of rotatable bonds is 8. The van der Waals surface area contributed by atoms with Crippen molar-refractivity contribution in [1.82, 2.24) is 9.88 Å². The lowest BCUT2D eigenvalue weighted by molar-refractivity contribution is 0.130. The number of nitrogens with zero attached hydrogens (tertiary/aromatic N) is 2. The van der Waals surface area contributed by atoms with E-state index < -0.39 is 0 Å². The fourth-order valence-electron chi connectivity index (χ4n) is 4.23. The molecule has 0 unspecified atom stereocenters. The third kappa shape index (κ3) is 4.86. The fraction of sp³-hybridized carbons (Fsp3) is 0.320. The molecule has 3 aromatic rings. The molecule has 5 nitrogen and oxygen atoms in total. The van der Waals surface area contributed by atoms with Gasteiger partial charge in [0, 0.05) is 37.4 Å². The minimum atomic E-state index is -0.230. The number of hydrogen-bond donors (Lipinski definition) is 0. The second kappa shape index (κ2) is 9.90. The summed E-state index contributed by atoms with van der Waals surface area (Å²) in [5.41, 5.74) is 3.23. The van der Waals surface area contributed by atoms with Crippen LogP contribution in [0.5, 0.6) is 11.5 Å². The molecule has 1 fully saturated rings. The Morgan fingerprint density at radius 3 is 2.26 bits per heavy atom. The van der Waals surface area contributed by atoms with Crippen molar-refractivity contribution in [3.63, 3.8) is 0 Å². The first-order valence-electron chi connectivity index (χ1n) is 10.4. The zero-order valence-electron chi connectivity index (χ0n) is 17.8. The molecule has 1 aliphatic heterocycles. The molecule has 31 heavy (non-hydrogen) atoms. The molecule has 0 saturated carbocycles. The normalized spacial score (nSPS) is 18.3. The summed E-state index contributed by atoms with van der Waals surface area (Å²) >= 11 is 0. The van der Waals surface area contributed by atoms with Gasteiger partial charge in [0.15, 0.2) is 0 Å². The highest BCUT2D eigenvalue weighted by molar-refractivity contribution is 5.45. The largest absolute Gasteiger partial charge is 0.496 e. The SMILES string of the molecule is COc1cccc(OC)c1CN(Cc1ccncc1)[C@@H]1COC[C@H]1c1ccc(F)cc1. The molecule has 1 saturated heterocycles. The van der Waals surface area contributed by atoms with Crippen molar-refractivity contribution in [2.45, 2.75) is 25.0 Å². The number of methoxy groups -OCH3 is 2. The van der Waals surface area contributed by atoms with Gasteiger partial charge in [0.2, 0.25) is 0 Å². The summed E-state index contributed by atoms with van der Waals surface area (Å²) in [6.07, 6.45) is 3.61. The van der Waals surface area contributed by atoms with Crippen molar-refractivity contribution in [2.24, 2.45) is 0 Å². The second-order valence-electron chi connectivity index (χ2n) is 7.66. The Morgan fingerprint density at radius 1 is 0.935 bits per heavy atom. The zero-order chi connectivity index (χ0) is 21.6. The Bertz CT molecular complexity index is 960. The van der Waals surface area contributed by atoms with Crippen LogP contribution < -0.4 is 9.47 Å². The van der Waals surface area contributed by atoms with Gasteiger partial charge >= 0.3 is 0 Å². The third-order valence-corrected chi connectivity index (χ3v) is 5.84. The van der Waals surface area contributed by atoms with Gasteiger partial charge in [-0.3, -0.25) is 9.88 Å². The van der Waals surface area contributed by atoms with Crippen LogP contribution in [-0.2, 0) is 17.8 Å². The number of pyridine rings is 1. The Balaban J connectivity index is 1.68. The highest BCUT2D eigenvalue weighted by atomic mass is 19.1. The number of benzene rings is 2. The average Bonchev–Trinajstić information content (AvgIpc) is 3.29. The third-order valence-electron chi connectivity index (χ3n) is 5.84. The van der Waals surface area contributed by atoms with Crippen LogP contribution in [0.4, 0.5) is 4.39 Å². The molecular weight excluding hydrogens is 395 g/mol. The molecular formula is C25H27FN2O3. The van der Waals surface area contributed by atoms with E-state index in [1.165, 1.54) is 12.1 Å². The zero-order valence-corrected chi connectivity index (χ0v) is 17.8. The van der Waals surface area contributed by atoms with Crippen LogP contribution in [0, 0.1) is 5.82 Å². The van der Waals surface area contributed by atoms with Crippen molar-refractivity contribution in [3.05, 3.63) is 89.5 Å². The predicted octanol–water partition coefficient (Wildman–Crippen LogP) is 4.42. The second-order valence-corrected chi connectivity index (χ2v) is 7.66. The summed E-state index contributed by atoms with van der Waals surface area (Å²) in [6, 6.07) is 16.7. The fourth-order valence-corrected chi connectivity index (χ4v) is 4.23. The Morgan fingerprint density at radius 2 is 1.61 bits per heavy atom. The van der Waals surface area contributed by atoms with Crippen LogP contribution in [0.25, 0.3) is 0 Å². The minimum Gasteiger partial charge on any atom is -0.496 e. The van der Waals surface area contributed by atoms with Crippen molar-refractivity contribution >= 4 is 0 Å². The van der Waals surface area contributed by atoms with Gasteiger partial charge in [0.25, 0.3) is 0 Å². The molecule has 1 aromatic heterocycles. The van der Waals surface area contributed by atoms with Gasteiger partial charge in [0.05, 0.1) is 33.0 Å². The lowest BCUT2D eigenvalue weighted by Crippen LogP contribution is -2.38. The first-order valence-corrected chi connectivity index (χ1v) is 10.4. The maximum absolute atomic E-state index is 13.5. The summed E-state index contributed by atoms with van der Waals surface area (Å²) in [7, 11) is 3.34. The highest BCUT2D eigenvalue weighted by Crippen LogP contribution is 2.35.